The number of carbonyl (C=O) groups is 2. The van der Waals surface area contributed by atoms with Crippen molar-refractivity contribution in [2.24, 2.45) is 5.41 Å². The first-order valence-corrected chi connectivity index (χ1v) is 12.3. The predicted octanol–water partition coefficient (Wildman–Crippen LogP) is 5.34. The minimum Gasteiger partial charge on any atom is -0.468 e. The van der Waals surface area contributed by atoms with Crippen LogP contribution in [0.5, 0.6) is 0 Å². The Labute approximate surface area is 221 Å². The molecule has 1 fully saturated rings. The fraction of sp³-hybridized carbons (Fsp3) is 0.233. The molecule has 7 heteroatoms. The Morgan fingerprint density at radius 3 is 2.32 bits per heavy atom. The fourth-order valence-electron chi connectivity index (χ4n) is 5.67. The van der Waals surface area contributed by atoms with E-state index in [0.29, 0.717) is 16.1 Å². The number of benzene rings is 3. The van der Waals surface area contributed by atoms with Crippen LogP contribution in [0.4, 0.5) is 11.4 Å². The maximum Gasteiger partial charge on any atom is 0.329 e. The summed E-state index contributed by atoms with van der Waals surface area (Å²) in [5, 5.41) is 11.3. The molecule has 0 spiro atoms. The summed E-state index contributed by atoms with van der Waals surface area (Å²) in [7, 11) is 5.16. The zero-order valence-electron chi connectivity index (χ0n) is 20.8. The van der Waals surface area contributed by atoms with Crippen molar-refractivity contribution in [1.82, 2.24) is 0 Å². The molecule has 0 bridgehead atoms. The summed E-state index contributed by atoms with van der Waals surface area (Å²) in [5.41, 5.74) is 2.17. The number of esters is 1. The number of halogens is 1. The number of hydrogen-bond acceptors (Lipinski definition) is 6. The minimum atomic E-state index is -1.66. The lowest BCUT2D eigenvalue weighted by molar-refractivity contribution is -0.150. The summed E-state index contributed by atoms with van der Waals surface area (Å²) in [6.07, 6.45) is 3.76. The summed E-state index contributed by atoms with van der Waals surface area (Å²) in [6, 6.07) is 22.8. The Morgan fingerprint density at radius 1 is 1.03 bits per heavy atom. The molecule has 4 atom stereocenters. The molecule has 5 rings (SSSR count). The van der Waals surface area contributed by atoms with Gasteiger partial charge in [0, 0.05) is 42.0 Å². The van der Waals surface area contributed by atoms with Crippen molar-refractivity contribution in [2.75, 3.05) is 31.0 Å². The molecule has 0 aliphatic carbocycles. The normalized spacial score (nSPS) is 23.5. The van der Waals surface area contributed by atoms with Crippen LogP contribution in [0.25, 0.3) is 6.08 Å². The zero-order chi connectivity index (χ0) is 26.3. The number of anilines is 2. The van der Waals surface area contributed by atoms with Crippen molar-refractivity contribution in [2.45, 2.75) is 18.0 Å². The number of nitriles is 1. The van der Waals surface area contributed by atoms with Gasteiger partial charge >= 0.3 is 5.97 Å². The zero-order valence-corrected chi connectivity index (χ0v) is 21.5. The Kier molecular flexibility index (Phi) is 6.26. The van der Waals surface area contributed by atoms with E-state index < -0.39 is 29.4 Å². The van der Waals surface area contributed by atoms with E-state index in [1.807, 2.05) is 84.6 Å². The van der Waals surface area contributed by atoms with Gasteiger partial charge in [-0.15, -0.1) is 0 Å². The van der Waals surface area contributed by atoms with Gasteiger partial charge in [0.1, 0.15) is 6.04 Å². The van der Waals surface area contributed by atoms with E-state index >= 15 is 0 Å². The number of methoxy groups -OCH3 is 1. The molecule has 0 amide bonds. The third-order valence-electron chi connectivity index (χ3n) is 7.42. The van der Waals surface area contributed by atoms with Crippen LogP contribution in [-0.2, 0) is 9.53 Å². The standard InChI is InChI=1S/C30H26ClN3O3/c1-33(2)23-15-10-20(11-16-23)26-27(28(35)21-8-13-22(31)14-9-21)34-24-7-5-4-6-19(24)12-17-25(34)30(26,18-32)29(36)37-3/h4-17,25-27H,1-3H3. The molecule has 4 unspecified atom stereocenters. The molecule has 6 nitrogen and oxygen atoms in total. The molecular formula is C30H26ClN3O3. The van der Waals surface area contributed by atoms with Crippen LogP contribution in [0, 0.1) is 16.7 Å². The number of nitrogens with zero attached hydrogens (tertiary/aromatic N) is 3. The monoisotopic (exact) mass is 511 g/mol. The molecule has 2 aliphatic heterocycles. The number of Topliss-reactive ketones (excluding diaryl/α,β-unsaturated/α-hetero) is 1. The van der Waals surface area contributed by atoms with Crippen molar-refractivity contribution >= 4 is 40.8 Å². The third kappa shape index (κ3) is 3.78. The first kappa shape index (κ1) is 24.6. The van der Waals surface area contributed by atoms with Crippen LogP contribution < -0.4 is 9.80 Å². The predicted molar refractivity (Wildman–Crippen MR) is 145 cm³/mol. The number of para-hydroxylation sites is 1. The molecule has 186 valence electrons. The molecule has 1 saturated heterocycles. The molecular weight excluding hydrogens is 486 g/mol. The van der Waals surface area contributed by atoms with E-state index in [1.54, 1.807) is 24.3 Å². The Hall–Kier alpha value is -4.08. The highest BCUT2D eigenvalue weighted by Crippen LogP contribution is 2.56. The Bertz CT molecular complexity index is 1430. The summed E-state index contributed by atoms with van der Waals surface area (Å²) in [5.74, 6) is -1.67. The van der Waals surface area contributed by atoms with E-state index in [-0.39, 0.29) is 5.78 Å². The molecule has 3 aromatic rings. The first-order chi connectivity index (χ1) is 17.8. The molecule has 0 radical (unpaired) electrons. The van der Waals surface area contributed by atoms with Gasteiger partial charge in [0.05, 0.1) is 19.2 Å². The Morgan fingerprint density at radius 2 is 1.70 bits per heavy atom. The molecule has 0 aromatic heterocycles. The topological polar surface area (TPSA) is 73.6 Å². The van der Waals surface area contributed by atoms with Gasteiger partial charge in [0.15, 0.2) is 11.2 Å². The van der Waals surface area contributed by atoms with Gasteiger partial charge in [0.25, 0.3) is 0 Å². The van der Waals surface area contributed by atoms with Crippen LogP contribution in [0.1, 0.15) is 27.4 Å². The summed E-state index contributed by atoms with van der Waals surface area (Å²) >= 11 is 6.11. The van der Waals surface area contributed by atoms with E-state index in [1.165, 1.54) is 7.11 Å². The van der Waals surface area contributed by atoms with Gasteiger partial charge in [-0.25, -0.2) is 0 Å². The average molecular weight is 512 g/mol. The number of fused-ring (bicyclic) bond motifs is 3. The number of ether oxygens (including phenoxy) is 1. The highest BCUT2D eigenvalue weighted by atomic mass is 35.5. The summed E-state index contributed by atoms with van der Waals surface area (Å²) in [4.78, 5) is 31.8. The van der Waals surface area contributed by atoms with Crippen molar-refractivity contribution < 1.29 is 14.3 Å². The van der Waals surface area contributed by atoms with Crippen LogP contribution >= 0.6 is 11.6 Å². The number of ketones is 1. The van der Waals surface area contributed by atoms with Gasteiger partial charge in [0.2, 0.25) is 0 Å². The molecule has 2 heterocycles. The maximum atomic E-state index is 14.3. The van der Waals surface area contributed by atoms with Crippen molar-refractivity contribution in [1.29, 1.82) is 5.26 Å². The van der Waals surface area contributed by atoms with Crippen molar-refractivity contribution in [3.8, 4) is 6.07 Å². The maximum absolute atomic E-state index is 14.3. The van der Waals surface area contributed by atoms with Gasteiger partial charge in [-0.2, -0.15) is 5.26 Å². The van der Waals surface area contributed by atoms with Crippen molar-refractivity contribution in [3.63, 3.8) is 0 Å². The number of hydrogen-bond donors (Lipinski definition) is 0. The fourth-order valence-corrected chi connectivity index (χ4v) is 5.80. The van der Waals surface area contributed by atoms with Crippen LogP contribution in [0.2, 0.25) is 5.02 Å². The lowest BCUT2D eigenvalue weighted by Crippen LogP contribution is -2.46. The average Bonchev–Trinajstić information content (AvgIpc) is 3.24. The van der Waals surface area contributed by atoms with Crippen LogP contribution in [-0.4, -0.2) is 45.0 Å². The first-order valence-electron chi connectivity index (χ1n) is 12.0. The van der Waals surface area contributed by atoms with E-state index in [2.05, 4.69) is 6.07 Å². The van der Waals surface area contributed by atoms with Gasteiger partial charge < -0.3 is 14.5 Å². The van der Waals surface area contributed by atoms with Gasteiger partial charge in [-0.1, -0.05) is 54.1 Å². The second kappa shape index (κ2) is 9.42. The largest absolute Gasteiger partial charge is 0.468 e. The molecule has 37 heavy (non-hydrogen) atoms. The summed E-state index contributed by atoms with van der Waals surface area (Å²) < 4.78 is 5.27. The van der Waals surface area contributed by atoms with Crippen LogP contribution in [0.3, 0.4) is 0 Å². The second-order valence-corrected chi connectivity index (χ2v) is 9.96. The van der Waals surface area contributed by atoms with E-state index in [9.17, 15) is 14.9 Å². The highest BCUT2D eigenvalue weighted by Gasteiger charge is 2.67. The molecule has 0 saturated carbocycles. The third-order valence-corrected chi connectivity index (χ3v) is 7.67. The van der Waals surface area contributed by atoms with E-state index in [4.69, 9.17) is 16.3 Å². The Balaban J connectivity index is 1.79. The SMILES string of the molecule is COC(=O)C1(C#N)C(c2ccc(N(C)C)cc2)C(C(=O)c2ccc(Cl)cc2)N2c3ccccc3C=CC21. The highest BCUT2D eigenvalue weighted by molar-refractivity contribution is 6.30. The lowest BCUT2D eigenvalue weighted by atomic mass is 9.68. The van der Waals surface area contributed by atoms with E-state index in [0.717, 1.165) is 16.9 Å². The number of carbonyl (C=O) groups excluding carboxylic acids is 2. The molecule has 0 N–H and O–H groups in total. The smallest absolute Gasteiger partial charge is 0.329 e. The van der Waals surface area contributed by atoms with Crippen molar-refractivity contribution in [3.05, 3.63) is 101 Å². The minimum absolute atomic E-state index is 0.200. The summed E-state index contributed by atoms with van der Waals surface area (Å²) in [6.45, 7) is 0. The molecule has 3 aromatic carbocycles. The second-order valence-electron chi connectivity index (χ2n) is 9.52. The quantitative estimate of drug-likeness (QED) is 0.340. The van der Waals surface area contributed by atoms with Crippen LogP contribution in [0.15, 0.2) is 78.9 Å². The number of rotatable bonds is 5. The van der Waals surface area contributed by atoms with Gasteiger partial charge in [-0.05, 0) is 53.6 Å². The molecule has 2 aliphatic rings. The lowest BCUT2D eigenvalue weighted by Gasteiger charge is -2.36. The van der Waals surface area contributed by atoms with Gasteiger partial charge in [-0.3, -0.25) is 9.59 Å².